The van der Waals surface area contributed by atoms with Crippen molar-refractivity contribution in [2.45, 2.75) is 59.0 Å². The highest BCUT2D eigenvalue weighted by Gasteiger charge is 2.21. The van der Waals surface area contributed by atoms with Gasteiger partial charge < -0.3 is 5.32 Å². The van der Waals surface area contributed by atoms with Gasteiger partial charge in [-0.3, -0.25) is 4.68 Å². The van der Waals surface area contributed by atoms with Crippen molar-refractivity contribution in [1.82, 2.24) is 15.1 Å². The third kappa shape index (κ3) is 2.14. The first-order valence-corrected chi connectivity index (χ1v) is 6.51. The van der Waals surface area contributed by atoms with Crippen molar-refractivity contribution in [3.63, 3.8) is 0 Å². The van der Waals surface area contributed by atoms with Crippen LogP contribution in [0.3, 0.4) is 0 Å². The van der Waals surface area contributed by atoms with Crippen molar-refractivity contribution < 1.29 is 0 Å². The average Bonchev–Trinajstić information content (AvgIpc) is 2.49. The summed E-state index contributed by atoms with van der Waals surface area (Å²) in [6, 6.07) is 0.530. The predicted octanol–water partition coefficient (Wildman–Crippen LogP) is 2.72. The van der Waals surface area contributed by atoms with E-state index in [1.807, 2.05) is 0 Å². The van der Waals surface area contributed by atoms with Gasteiger partial charge in [0.2, 0.25) is 0 Å². The molecule has 0 saturated carbocycles. The number of hydrogen-bond acceptors (Lipinski definition) is 2. The first-order valence-electron chi connectivity index (χ1n) is 6.51. The van der Waals surface area contributed by atoms with Gasteiger partial charge in [-0.15, -0.1) is 0 Å². The molecule has 90 valence electrons. The highest BCUT2D eigenvalue weighted by atomic mass is 15.3. The van der Waals surface area contributed by atoms with E-state index in [4.69, 9.17) is 0 Å². The second-order valence-electron chi connectivity index (χ2n) is 4.76. The van der Waals surface area contributed by atoms with Crippen LogP contribution in [0.15, 0.2) is 0 Å². The van der Waals surface area contributed by atoms with Gasteiger partial charge in [0.05, 0.1) is 5.69 Å². The molecule has 0 amide bonds. The summed E-state index contributed by atoms with van der Waals surface area (Å²) in [5.74, 6) is 0. The highest BCUT2D eigenvalue weighted by molar-refractivity contribution is 5.28. The van der Waals surface area contributed by atoms with Gasteiger partial charge in [-0.25, -0.2) is 0 Å². The maximum absolute atomic E-state index is 4.61. The molecule has 2 rings (SSSR count). The van der Waals surface area contributed by atoms with Gasteiger partial charge >= 0.3 is 0 Å². The number of rotatable bonds is 2. The Bertz CT molecular complexity index is 346. The molecule has 1 aromatic heterocycles. The normalized spacial score (nSPS) is 22.1. The fraction of sp³-hybridized carbons (Fsp3) is 0.769. The molecule has 1 atom stereocenters. The number of aromatic nitrogens is 2. The quantitative estimate of drug-likeness (QED) is 0.832. The Kier molecular flexibility index (Phi) is 3.64. The van der Waals surface area contributed by atoms with E-state index in [0.29, 0.717) is 6.04 Å². The van der Waals surface area contributed by atoms with Crippen LogP contribution in [0, 0.1) is 13.8 Å². The van der Waals surface area contributed by atoms with Crippen LogP contribution in [0.2, 0.25) is 0 Å². The maximum Gasteiger partial charge on any atom is 0.0644 e. The smallest absolute Gasteiger partial charge is 0.0644 e. The maximum atomic E-state index is 4.61. The molecule has 1 N–H and O–H groups in total. The zero-order valence-corrected chi connectivity index (χ0v) is 10.7. The summed E-state index contributed by atoms with van der Waals surface area (Å²) < 4.78 is 2.12. The molecule has 1 unspecified atom stereocenters. The second kappa shape index (κ2) is 5.00. The lowest BCUT2D eigenvalue weighted by Crippen LogP contribution is -2.21. The zero-order valence-electron chi connectivity index (χ0n) is 10.7. The Labute approximate surface area is 98.2 Å². The molecule has 1 aliphatic rings. The largest absolute Gasteiger partial charge is 0.310 e. The number of hydrogen-bond donors (Lipinski definition) is 1. The Hall–Kier alpha value is -0.830. The molecule has 2 heterocycles. The van der Waals surface area contributed by atoms with E-state index < -0.39 is 0 Å². The van der Waals surface area contributed by atoms with Gasteiger partial charge in [-0.2, -0.15) is 5.10 Å². The van der Waals surface area contributed by atoms with E-state index in [9.17, 15) is 0 Å². The molecule has 16 heavy (non-hydrogen) atoms. The van der Waals surface area contributed by atoms with Crippen molar-refractivity contribution in [2.75, 3.05) is 6.54 Å². The van der Waals surface area contributed by atoms with Crippen LogP contribution in [-0.2, 0) is 6.54 Å². The van der Waals surface area contributed by atoms with Gasteiger partial charge in [0.15, 0.2) is 0 Å². The second-order valence-corrected chi connectivity index (χ2v) is 4.76. The van der Waals surface area contributed by atoms with Crippen LogP contribution in [0.4, 0.5) is 0 Å². The minimum absolute atomic E-state index is 0.530. The molecule has 3 nitrogen and oxygen atoms in total. The van der Waals surface area contributed by atoms with Crippen molar-refractivity contribution in [2.24, 2.45) is 0 Å². The fourth-order valence-corrected chi connectivity index (χ4v) is 2.80. The third-order valence-corrected chi connectivity index (χ3v) is 3.65. The Morgan fingerprint density at radius 2 is 2.12 bits per heavy atom. The number of aryl methyl sites for hydroxylation is 2. The molecule has 1 aliphatic heterocycles. The van der Waals surface area contributed by atoms with Gasteiger partial charge in [-0.05, 0) is 40.2 Å². The van der Waals surface area contributed by atoms with Crippen molar-refractivity contribution in [3.8, 4) is 0 Å². The molecular formula is C13H23N3. The van der Waals surface area contributed by atoms with Gasteiger partial charge in [0, 0.05) is 23.8 Å². The summed E-state index contributed by atoms with van der Waals surface area (Å²) in [5.41, 5.74) is 4.00. The van der Waals surface area contributed by atoms with E-state index >= 15 is 0 Å². The van der Waals surface area contributed by atoms with Crippen LogP contribution in [-0.4, -0.2) is 16.3 Å². The molecule has 3 heteroatoms. The molecule has 1 saturated heterocycles. The van der Waals surface area contributed by atoms with Crippen molar-refractivity contribution >= 4 is 0 Å². The van der Waals surface area contributed by atoms with Crippen LogP contribution in [0.25, 0.3) is 0 Å². The Balaban J connectivity index is 2.27. The summed E-state index contributed by atoms with van der Waals surface area (Å²) in [6.07, 6.45) is 5.28. The monoisotopic (exact) mass is 221 g/mol. The Morgan fingerprint density at radius 1 is 1.31 bits per heavy atom. The molecule has 0 radical (unpaired) electrons. The van der Waals surface area contributed by atoms with Gasteiger partial charge in [0.25, 0.3) is 0 Å². The van der Waals surface area contributed by atoms with E-state index in [-0.39, 0.29) is 0 Å². The minimum Gasteiger partial charge on any atom is -0.310 e. The number of nitrogens with zero attached hydrogens (tertiary/aromatic N) is 2. The fourth-order valence-electron chi connectivity index (χ4n) is 2.80. The van der Waals surface area contributed by atoms with Gasteiger partial charge in [0.1, 0.15) is 0 Å². The lowest BCUT2D eigenvalue weighted by Gasteiger charge is -2.16. The average molecular weight is 221 g/mol. The first-order chi connectivity index (χ1) is 7.74. The third-order valence-electron chi connectivity index (χ3n) is 3.65. The van der Waals surface area contributed by atoms with Crippen LogP contribution < -0.4 is 5.32 Å². The molecule has 0 aromatic carbocycles. The lowest BCUT2D eigenvalue weighted by atomic mass is 10.0. The standard InChI is InChI=1S/C13H23N3/c1-4-16-11(3)13(10(2)15-16)12-8-6-5-7-9-14-12/h12,14H,4-9H2,1-3H3. The van der Waals surface area contributed by atoms with Crippen LogP contribution in [0.1, 0.15) is 55.6 Å². The SMILES string of the molecule is CCn1nc(C)c(C2CCCCCN2)c1C. The summed E-state index contributed by atoms with van der Waals surface area (Å²) in [5, 5.41) is 8.27. The molecule has 0 bridgehead atoms. The van der Waals surface area contributed by atoms with E-state index in [2.05, 4.69) is 35.9 Å². The molecule has 0 aliphatic carbocycles. The summed E-state index contributed by atoms with van der Waals surface area (Å²) in [7, 11) is 0. The molecular weight excluding hydrogens is 198 g/mol. The highest BCUT2D eigenvalue weighted by Crippen LogP contribution is 2.27. The van der Waals surface area contributed by atoms with Gasteiger partial charge in [-0.1, -0.05) is 12.8 Å². The minimum atomic E-state index is 0.530. The molecule has 1 fully saturated rings. The van der Waals surface area contributed by atoms with Crippen molar-refractivity contribution in [1.29, 1.82) is 0 Å². The van der Waals surface area contributed by atoms with Crippen molar-refractivity contribution in [3.05, 3.63) is 17.0 Å². The lowest BCUT2D eigenvalue weighted by molar-refractivity contribution is 0.528. The zero-order chi connectivity index (χ0) is 11.5. The summed E-state index contributed by atoms with van der Waals surface area (Å²) in [6.45, 7) is 8.62. The molecule has 1 aromatic rings. The van der Waals surface area contributed by atoms with E-state index in [0.717, 1.165) is 13.1 Å². The topological polar surface area (TPSA) is 29.9 Å². The predicted molar refractivity (Wildman–Crippen MR) is 66.6 cm³/mol. The van der Waals surface area contributed by atoms with Crippen LogP contribution in [0.5, 0.6) is 0 Å². The first kappa shape index (κ1) is 11.6. The number of nitrogens with one attached hydrogen (secondary N) is 1. The van der Waals surface area contributed by atoms with E-state index in [1.54, 1.807) is 0 Å². The Morgan fingerprint density at radius 3 is 2.81 bits per heavy atom. The van der Waals surface area contributed by atoms with Crippen LogP contribution >= 0.6 is 0 Å². The summed E-state index contributed by atoms with van der Waals surface area (Å²) >= 11 is 0. The summed E-state index contributed by atoms with van der Waals surface area (Å²) in [4.78, 5) is 0. The van der Waals surface area contributed by atoms with E-state index in [1.165, 1.54) is 42.6 Å². The molecule has 0 spiro atoms.